The molecule has 1 atom stereocenters. The van der Waals surface area contributed by atoms with Gasteiger partial charge in [-0.2, -0.15) is 12.6 Å². The maximum atomic E-state index is 10.9. The summed E-state index contributed by atoms with van der Waals surface area (Å²) in [6.07, 6.45) is -0.791. The smallest absolute Gasteiger partial charge is 0.550 e. The van der Waals surface area contributed by atoms with Gasteiger partial charge in [0.1, 0.15) is 0 Å². The van der Waals surface area contributed by atoms with Crippen molar-refractivity contribution in [1.82, 2.24) is 5.32 Å². The minimum Gasteiger partial charge on any atom is -0.550 e. The van der Waals surface area contributed by atoms with Crippen LogP contribution in [0.2, 0.25) is 0 Å². The van der Waals surface area contributed by atoms with Gasteiger partial charge >= 0.3 is 59.1 Å². The average molecular weight is 265 g/mol. The van der Waals surface area contributed by atoms with Crippen molar-refractivity contribution >= 4 is 30.5 Å². The van der Waals surface area contributed by atoms with Crippen LogP contribution >= 0.6 is 12.6 Å². The van der Waals surface area contributed by atoms with Crippen molar-refractivity contribution in [3.63, 3.8) is 0 Å². The molecule has 0 aliphatic rings. The molecule has 16 heavy (non-hydrogen) atoms. The summed E-state index contributed by atoms with van der Waals surface area (Å²) in [6.45, 7) is 0. The van der Waals surface area contributed by atoms with Crippen molar-refractivity contribution < 1.29 is 83.7 Å². The van der Waals surface area contributed by atoms with Crippen LogP contribution in [0.15, 0.2) is 0 Å². The third-order valence-electron chi connectivity index (χ3n) is 1.33. The third-order valence-corrected chi connectivity index (χ3v) is 1.55. The van der Waals surface area contributed by atoms with Crippen molar-refractivity contribution in [2.45, 2.75) is 18.9 Å². The van der Waals surface area contributed by atoms with Gasteiger partial charge in [0.05, 0.1) is 12.0 Å². The Morgan fingerprint density at radius 3 is 2.00 bits per heavy atom. The third kappa shape index (κ3) is 11.3. The van der Waals surface area contributed by atoms with E-state index in [1.807, 2.05) is 5.32 Å². The molecule has 80 valence electrons. The summed E-state index contributed by atoms with van der Waals surface area (Å²) in [5.41, 5.74) is 0. The Morgan fingerprint density at radius 2 is 1.69 bits per heavy atom. The van der Waals surface area contributed by atoms with Crippen LogP contribution in [0.1, 0.15) is 12.8 Å². The zero-order valence-corrected chi connectivity index (χ0v) is 14.1. The van der Waals surface area contributed by atoms with E-state index in [9.17, 15) is 24.6 Å². The summed E-state index contributed by atoms with van der Waals surface area (Å²) in [5.74, 6) is -3.56. The number of rotatable bonds is 6. The first-order valence-corrected chi connectivity index (χ1v) is 4.41. The molecule has 0 unspecified atom stereocenters. The molecular weight excluding hydrogens is 256 g/mol. The monoisotopic (exact) mass is 265 g/mol. The minimum atomic E-state index is -1.65. The number of carboxylic acids is 2. The number of aliphatic carboxylic acids is 2. The van der Waals surface area contributed by atoms with E-state index in [-0.39, 0.29) is 71.3 Å². The predicted molar refractivity (Wildman–Crippen MR) is 45.0 cm³/mol. The summed E-state index contributed by atoms with van der Waals surface area (Å²) in [4.78, 5) is 31.3. The van der Waals surface area contributed by atoms with Crippen molar-refractivity contribution in [3.8, 4) is 0 Å². The Bertz CT molecular complexity index is 251. The largest absolute Gasteiger partial charge is 1.00 e. The molecule has 0 saturated heterocycles. The normalized spacial score (nSPS) is 10.3. The number of hydrogen-bond acceptors (Lipinski definition) is 6. The van der Waals surface area contributed by atoms with Gasteiger partial charge in [0.25, 0.3) is 0 Å². The van der Waals surface area contributed by atoms with Crippen molar-refractivity contribution in [2.75, 3.05) is 5.75 Å². The second-order valence-electron chi connectivity index (χ2n) is 2.49. The maximum Gasteiger partial charge on any atom is 1.00 e. The molecule has 1 N–H and O–H groups in total. The number of carbonyl (C=O) groups is 3. The number of amides is 1. The van der Waals surface area contributed by atoms with Gasteiger partial charge in [-0.05, 0) is 5.75 Å². The second kappa shape index (κ2) is 12.2. The van der Waals surface area contributed by atoms with Crippen LogP contribution in [0.4, 0.5) is 0 Å². The Labute approximate surface area is 143 Å². The second-order valence-corrected chi connectivity index (χ2v) is 2.94. The number of nitrogens with one attached hydrogen (secondary N) is 1. The molecule has 0 aliphatic heterocycles. The van der Waals surface area contributed by atoms with Crippen molar-refractivity contribution in [1.29, 1.82) is 0 Å². The number of thiol groups is 1. The fourth-order valence-electron chi connectivity index (χ4n) is 0.728. The van der Waals surface area contributed by atoms with Crippen LogP contribution in [-0.4, -0.2) is 29.6 Å². The Balaban J connectivity index is -0.000000845. The van der Waals surface area contributed by atoms with Crippen LogP contribution in [0, 0.1) is 0 Å². The molecule has 0 aromatic heterocycles. The summed E-state index contributed by atoms with van der Waals surface area (Å²) in [6, 6.07) is -1.55. The Kier molecular flexibility index (Phi) is 16.8. The Morgan fingerprint density at radius 1 is 1.19 bits per heavy atom. The Hall–Kier alpha value is 0.760. The summed E-state index contributed by atoms with van der Waals surface area (Å²) >= 11 is 3.75. The van der Waals surface area contributed by atoms with Gasteiger partial charge in [-0.3, -0.25) is 4.79 Å². The van der Waals surface area contributed by atoms with Crippen LogP contribution < -0.4 is 74.6 Å². The molecule has 0 radical (unpaired) electrons. The zero-order valence-electron chi connectivity index (χ0n) is 9.19. The molecule has 0 rings (SSSR count). The molecule has 6 nitrogen and oxygen atoms in total. The van der Waals surface area contributed by atoms with Crippen LogP contribution in [0.3, 0.4) is 0 Å². The van der Waals surface area contributed by atoms with E-state index in [1.54, 1.807) is 0 Å². The molecule has 0 spiro atoms. The number of carbonyl (C=O) groups excluding carboxylic acids is 3. The molecule has 0 aromatic carbocycles. The molecule has 0 aliphatic carbocycles. The van der Waals surface area contributed by atoms with Gasteiger partial charge in [0, 0.05) is 18.8 Å². The van der Waals surface area contributed by atoms with E-state index in [0.717, 1.165) is 0 Å². The first-order chi connectivity index (χ1) is 6.47. The molecule has 0 bridgehead atoms. The summed E-state index contributed by atoms with van der Waals surface area (Å²) in [7, 11) is 0. The van der Waals surface area contributed by atoms with E-state index < -0.39 is 30.3 Å². The SMILES string of the molecule is O=C([O-])C[C@H](NC(=O)CCS)C(=O)[O-].[Na+].[Na+]. The fraction of sp³-hybridized carbons (Fsp3) is 0.571. The number of carboxylic acid groups (broad SMARTS) is 2. The summed E-state index contributed by atoms with van der Waals surface area (Å²) < 4.78 is 0. The van der Waals surface area contributed by atoms with Gasteiger partial charge < -0.3 is 25.1 Å². The van der Waals surface area contributed by atoms with Crippen molar-refractivity contribution in [3.05, 3.63) is 0 Å². The molecular formula is C7H9NNa2O5S. The van der Waals surface area contributed by atoms with Crippen molar-refractivity contribution in [2.24, 2.45) is 0 Å². The van der Waals surface area contributed by atoms with Crippen LogP contribution in [-0.2, 0) is 14.4 Å². The quantitative estimate of drug-likeness (QED) is 0.366. The maximum absolute atomic E-state index is 10.9. The van der Waals surface area contributed by atoms with Gasteiger partial charge in [-0.1, -0.05) is 0 Å². The van der Waals surface area contributed by atoms with E-state index in [2.05, 4.69) is 12.6 Å². The molecule has 9 heteroatoms. The van der Waals surface area contributed by atoms with E-state index in [4.69, 9.17) is 0 Å². The van der Waals surface area contributed by atoms with Gasteiger partial charge in [-0.25, -0.2) is 0 Å². The van der Waals surface area contributed by atoms with Crippen LogP contribution in [0.25, 0.3) is 0 Å². The fourth-order valence-corrected chi connectivity index (χ4v) is 0.931. The topological polar surface area (TPSA) is 109 Å². The van der Waals surface area contributed by atoms with Gasteiger partial charge in [0.2, 0.25) is 5.91 Å². The molecule has 1 amide bonds. The van der Waals surface area contributed by atoms with E-state index in [1.165, 1.54) is 0 Å². The average Bonchev–Trinajstić information content (AvgIpc) is 2.02. The van der Waals surface area contributed by atoms with Gasteiger partial charge in [0.15, 0.2) is 0 Å². The molecule has 0 aromatic rings. The minimum absolute atomic E-state index is 0. The molecule has 0 saturated carbocycles. The molecule has 0 fully saturated rings. The number of hydrogen-bond donors (Lipinski definition) is 2. The predicted octanol–water partition coefficient (Wildman–Crippen LogP) is -9.31. The van der Waals surface area contributed by atoms with Gasteiger partial charge in [-0.15, -0.1) is 0 Å². The standard InChI is InChI=1S/C7H11NO5S.2Na/c9-5(1-2-14)8-4(7(12)13)3-6(10)11;;/h4,14H,1-3H2,(H,8,9)(H,10,11)(H,12,13);;/q;2*+1/p-2/t4-;;/m0../s1. The summed E-state index contributed by atoms with van der Waals surface area (Å²) in [5, 5.41) is 22.4. The first-order valence-electron chi connectivity index (χ1n) is 3.78. The van der Waals surface area contributed by atoms with E-state index >= 15 is 0 Å². The molecule has 0 heterocycles. The zero-order chi connectivity index (χ0) is 11.1. The van der Waals surface area contributed by atoms with E-state index in [0.29, 0.717) is 0 Å². The first kappa shape index (κ1) is 22.0. The van der Waals surface area contributed by atoms with Crippen LogP contribution in [0.5, 0.6) is 0 Å².